The maximum atomic E-state index is 13.1. The van der Waals surface area contributed by atoms with E-state index in [4.69, 9.17) is 9.47 Å². The highest BCUT2D eigenvalue weighted by atomic mass is 19.4. The quantitative estimate of drug-likeness (QED) is 0.626. The number of hydrogen-bond donors (Lipinski definition) is 1. The normalized spacial score (nSPS) is 11.2. The summed E-state index contributed by atoms with van der Waals surface area (Å²) in [7, 11) is 2.97. The number of nitrogens with zero attached hydrogens (tertiary/aromatic N) is 2. The van der Waals surface area contributed by atoms with Crippen molar-refractivity contribution < 1.29 is 27.4 Å². The Labute approximate surface area is 181 Å². The summed E-state index contributed by atoms with van der Waals surface area (Å²) in [5.74, 6) is 0.278. The number of aromatic nitrogens is 2. The second kappa shape index (κ2) is 9.13. The second-order valence-electron chi connectivity index (χ2n) is 6.82. The first kappa shape index (κ1) is 22.9. The lowest BCUT2D eigenvalue weighted by atomic mass is 10.2. The molecule has 0 spiro atoms. The van der Waals surface area contributed by atoms with Crippen LogP contribution in [0, 0.1) is 6.92 Å². The Morgan fingerprint density at radius 2 is 1.84 bits per heavy atom. The summed E-state index contributed by atoms with van der Waals surface area (Å²) >= 11 is 0. The number of carbonyl (C=O) groups excluding carboxylic acids is 1. The first-order chi connectivity index (χ1) is 15.1. The second-order valence-corrected chi connectivity index (χ2v) is 6.82. The summed E-state index contributed by atoms with van der Waals surface area (Å²) in [6.45, 7) is 1.52. The standard InChI is InChI=1S/C22H20F3N3O4/c1-13-9-18(29)20(27-28(13)16-6-4-5-15(11-16)22(23,24)25)21(30)26-12-14-10-17(31-2)7-8-19(14)32-3/h4-11H,12H2,1-3H3,(H,26,30). The predicted molar refractivity (Wildman–Crippen MR) is 110 cm³/mol. The van der Waals surface area contributed by atoms with Crippen molar-refractivity contribution in [3.05, 3.63) is 81.3 Å². The topological polar surface area (TPSA) is 82.4 Å². The Bertz CT molecular complexity index is 1210. The number of ether oxygens (including phenoxy) is 2. The highest BCUT2D eigenvalue weighted by Crippen LogP contribution is 2.30. The van der Waals surface area contributed by atoms with Gasteiger partial charge >= 0.3 is 6.18 Å². The van der Waals surface area contributed by atoms with Crippen LogP contribution < -0.4 is 20.2 Å². The predicted octanol–water partition coefficient (Wildman–Crippen LogP) is 3.51. The molecule has 2 aromatic carbocycles. The SMILES string of the molecule is COc1ccc(OC)c(CNC(=O)c2nn(-c3cccc(C(F)(F)F)c3)c(C)cc2=O)c1. The molecule has 0 saturated carbocycles. The van der Waals surface area contributed by atoms with Crippen molar-refractivity contribution in [1.82, 2.24) is 15.1 Å². The van der Waals surface area contributed by atoms with E-state index in [1.165, 1.54) is 33.3 Å². The monoisotopic (exact) mass is 447 g/mol. The van der Waals surface area contributed by atoms with Crippen molar-refractivity contribution >= 4 is 5.91 Å². The smallest absolute Gasteiger partial charge is 0.416 e. The molecule has 3 rings (SSSR count). The van der Waals surface area contributed by atoms with E-state index < -0.39 is 28.8 Å². The first-order valence-corrected chi connectivity index (χ1v) is 9.41. The van der Waals surface area contributed by atoms with Gasteiger partial charge < -0.3 is 14.8 Å². The highest BCUT2D eigenvalue weighted by Gasteiger charge is 2.30. The summed E-state index contributed by atoms with van der Waals surface area (Å²) in [6, 6.07) is 10.6. The van der Waals surface area contributed by atoms with Crippen molar-refractivity contribution in [2.75, 3.05) is 14.2 Å². The van der Waals surface area contributed by atoms with Crippen LogP contribution in [-0.2, 0) is 12.7 Å². The molecule has 0 fully saturated rings. The Kier molecular flexibility index (Phi) is 6.52. The molecule has 1 aromatic heterocycles. The van der Waals surface area contributed by atoms with Crippen LogP contribution in [0.25, 0.3) is 5.69 Å². The van der Waals surface area contributed by atoms with E-state index in [9.17, 15) is 22.8 Å². The van der Waals surface area contributed by atoms with Gasteiger partial charge in [0.1, 0.15) is 11.5 Å². The fraction of sp³-hybridized carbons (Fsp3) is 0.227. The number of carbonyl (C=O) groups is 1. The molecule has 1 N–H and O–H groups in total. The number of halogens is 3. The molecule has 0 bridgehead atoms. The molecule has 0 aliphatic rings. The third kappa shape index (κ3) is 4.90. The molecular weight excluding hydrogens is 427 g/mol. The molecule has 0 saturated heterocycles. The molecule has 10 heteroatoms. The lowest BCUT2D eigenvalue weighted by Crippen LogP contribution is -2.31. The Balaban J connectivity index is 1.91. The lowest BCUT2D eigenvalue weighted by Gasteiger charge is -2.14. The number of alkyl halides is 3. The van der Waals surface area contributed by atoms with Crippen LogP contribution in [0.5, 0.6) is 11.5 Å². The highest BCUT2D eigenvalue weighted by molar-refractivity contribution is 5.92. The van der Waals surface area contributed by atoms with Crippen molar-refractivity contribution in [3.63, 3.8) is 0 Å². The van der Waals surface area contributed by atoms with Gasteiger partial charge in [0.25, 0.3) is 5.91 Å². The number of methoxy groups -OCH3 is 2. The van der Waals surface area contributed by atoms with E-state index >= 15 is 0 Å². The molecule has 0 radical (unpaired) electrons. The van der Waals surface area contributed by atoms with Gasteiger partial charge in [0.15, 0.2) is 5.69 Å². The molecule has 0 aliphatic heterocycles. The molecule has 1 amide bonds. The number of nitrogens with one attached hydrogen (secondary N) is 1. The van der Waals surface area contributed by atoms with Crippen LogP contribution in [0.4, 0.5) is 13.2 Å². The van der Waals surface area contributed by atoms with Crippen molar-refractivity contribution in [1.29, 1.82) is 0 Å². The van der Waals surface area contributed by atoms with E-state index in [0.29, 0.717) is 17.1 Å². The van der Waals surface area contributed by atoms with Crippen LogP contribution in [0.15, 0.2) is 53.3 Å². The number of aryl methyl sites for hydroxylation is 1. The molecule has 0 unspecified atom stereocenters. The minimum absolute atomic E-state index is 0.0117. The maximum absolute atomic E-state index is 13.1. The number of hydrogen-bond acceptors (Lipinski definition) is 5. The van der Waals surface area contributed by atoms with Gasteiger partial charge in [0.2, 0.25) is 5.43 Å². The van der Waals surface area contributed by atoms with Crippen LogP contribution in [0.3, 0.4) is 0 Å². The van der Waals surface area contributed by atoms with Gasteiger partial charge in [-0.1, -0.05) is 6.07 Å². The first-order valence-electron chi connectivity index (χ1n) is 9.41. The van der Waals surface area contributed by atoms with E-state index in [-0.39, 0.29) is 17.9 Å². The number of rotatable bonds is 6. The van der Waals surface area contributed by atoms with Crippen LogP contribution in [-0.4, -0.2) is 29.9 Å². The zero-order valence-corrected chi connectivity index (χ0v) is 17.5. The van der Waals surface area contributed by atoms with Crippen molar-refractivity contribution in [2.45, 2.75) is 19.6 Å². The van der Waals surface area contributed by atoms with E-state index in [0.717, 1.165) is 22.9 Å². The Morgan fingerprint density at radius 1 is 1.09 bits per heavy atom. The van der Waals surface area contributed by atoms with Gasteiger partial charge in [-0.05, 0) is 43.3 Å². The fourth-order valence-electron chi connectivity index (χ4n) is 3.06. The molecule has 1 heterocycles. The summed E-state index contributed by atoms with van der Waals surface area (Å²) in [4.78, 5) is 25.0. The lowest BCUT2D eigenvalue weighted by molar-refractivity contribution is -0.137. The van der Waals surface area contributed by atoms with Crippen LogP contribution in [0.1, 0.15) is 27.3 Å². The third-order valence-corrected chi connectivity index (χ3v) is 4.67. The zero-order valence-electron chi connectivity index (χ0n) is 17.5. The van der Waals surface area contributed by atoms with Gasteiger partial charge in [0.05, 0.1) is 25.5 Å². The van der Waals surface area contributed by atoms with Crippen molar-refractivity contribution in [2.24, 2.45) is 0 Å². The van der Waals surface area contributed by atoms with E-state index in [1.807, 2.05) is 0 Å². The average Bonchev–Trinajstić information content (AvgIpc) is 2.76. The van der Waals surface area contributed by atoms with Crippen LogP contribution >= 0.6 is 0 Å². The van der Waals surface area contributed by atoms with Gasteiger partial charge in [-0.25, -0.2) is 4.68 Å². The molecule has 3 aromatic rings. The van der Waals surface area contributed by atoms with Gasteiger partial charge in [-0.15, -0.1) is 0 Å². The average molecular weight is 447 g/mol. The Hall–Kier alpha value is -3.82. The molecule has 0 atom stereocenters. The largest absolute Gasteiger partial charge is 0.497 e. The van der Waals surface area contributed by atoms with Crippen molar-refractivity contribution in [3.8, 4) is 17.2 Å². The van der Waals surface area contributed by atoms with Gasteiger partial charge in [0, 0.05) is 23.9 Å². The summed E-state index contributed by atoms with van der Waals surface area (Å²) in [6.07, 6.45) is -4.54. The Morgan fingerprint density at radius 3 is 2.50 bits per heavy atom. The molecule has 7 nitrogen and oxygen atoms in total. The molecule has 32 heavy (non-hydrogen) atoms. The minimum Gasteiger partial charge on any atom is -0.497 e. The molecule has 0 aliphatic carbocycles. The van der Waals surface area contributed by atoms with Crippen LogP contribution in [0.2, 0.25) is 0 Å². The summed E-state index contributed by atoms with van der Waals surface area (Å²) in [5, 5.41) is 6.61. The van der Waals surface area contributed by atoms with E-state index in [1.54, 1.807) is 18.2 Å². The fourth-order valence-corrected chi connectivity index (χ4v) is 3.06. The minimum atomic E-state index is -4.54. The van der Waals surface area contributed by atoms with E-state index in [2.05, 4.69) is 10.4 Å². The zero-order chi connectivity index (χ0) is 23.5. The number of amides is 1. The number of benzene rings is 2. The molecule has 168 valence electrons. The molecular formula is C22H20F3N3O4. The summed E-state index contributed by atoms with van der Waals surface area (Å²) < 4.78 is 50.8. The maximum Gasteiger partial charge on any atom is 0.416 e. The summed E-state index contributed by atoms with van der Waals surface area (Å²) in [5.41, 5.74) is -1.02. The third-order valence-electron chi connectivity index (χ3n) is 4.67. The van der Waals surface area contributed by atoms with Gasteiger partial charge in [-0.2, -0.15) is 18.3 Å². The van der Waals surface area contributed by atoms with Gasteiger partial charge in [-0.3, -0.25) is 9.59 Å².